The van der Waals surface area contributed by atoms with E-state index in [1.165, 1.54) is 18.2 Å². The average Bonchev–Trinajstić information content (AvgIpc) is 3.35. The van der Waals surface area contributed by atoms with Gasteiger partial charge in [0.25, 0.3) is 11.6 Å². The zero-order valence-corrected chi connectivity index (χ0v) is 20.8. The lowest BCUT2D eigenvalue weighted by Gasteiger charge is -2.32. The second-order valence-corrected chi connectivity index (χ2v) is 9.31. The maximum atomic E-state index is 13.3. The van der Waals surface area contributed by atoms with Crippen LogP contribution in [0.2, 0.25) is 0 Å². The Kier molecular flexibility index (Phi) is 8.64. The van der Waals surface area contributed by atoms with E-state index >= 15 is 0 Å². The molecule has 180 valence electrons. The van der Waals surface area contributed by atoms with Gasteiger partial charge in [0.2, 0.25) is 0 Å². The Morgan fingerprint density at radius 2 is 1.82 bits per heavy atom. The quantitative estimate of drug-likeness (QED) is 0.132. The molecule has 2 aromatic carbocycles. The lowest BCUT2D eigenvalue weighted by atomic mass is 9.78. The van der Waals surface area contributed by atoms with Crippen LogP contribution in [0.25, 0.3) is 0 Å². The summed E-state index contributed by atoms with van der Waals surface area (Å²) in [6.45, 7) is 1.79. The standard InChI is InChI=1S/C24H27IN4O5/c1-16-13-17(25)4-6-20(16)28-21-7-5-18(29(33)34)14-19(21)23(32)27-15-24(8-11-30,9-12-31)22-3-2-10-26-22/h2-7,10,13-14,26,28,30-31H,8-9,11-12,15H2,1H3,(H,27,32). The molecule has 0 aliphatic carbocycles. The highest BCUT2D eigenvalue weighted by Gasteiger charge is 2.33. The third-order valence-corrected chi connectivity index (χ3v) is 6.52. The molecule has 0 bridgehead atoms. The fourth-order valence-electron chi connectivity index (χ4n) is 3.95. The molecule has 1 heterocycles. The molecule has 0 fully saturated rings. The van der Waals surface area contributed by atoms with Crippen molar-refractivity contribution in [1.82, 2.24) is 10.3 Å². The van der Waals surface area contributed by atoms with Gasteiger partial charge in [0.05, 0.1) is 16.2 Å². The summed E-state index contributed by atoms with van der Waals surface area (Å²) in [5.74, 6) is -0.499. The van der Waals surface area contributed by atoms with E-state index < -0.39 is 16.2 Å². The molecule has 10 heteroatoms. The molecule has 0 spiro atoms. The number of hydrogen-bond donors (Lipinski definition) is 5. The third kappa shape index (κ3) is 5.93. The van der Waals surface area contributed by atoms with Gasteiger partial charge in [-0.3, -0.25) is 14.9 Å². The molecule has 3 rings (SSSR count). The number of nitro benzene ring substituents is 1. The summed E-state index contributed by atoms with van der Waals surface area (Å²) in [5, 5.41) is 36.8. The van der Waals surface area contributed by atoms with Gasteiger partial charge in [0.1, 0.15) is 0 Å². The summed E-state index contributed by atoms with van der Waals surface area (Å²) >= 11 is 2.21. The van der Waals surface area contributed by atoms with Crippen LogP contribution in [0.1, 0.15) is 34.5 Å². The number of aliphatic hydroxyl groups excluding tert-OH is 2. The first-order valence-corrected chi connectivity index (χ1v) is 11.8. The topological polar surface area (TPSA) is 141 Å². The van der Waals surface area contributed by atoms with Gasteiger partial charge in [-0.05, 0) is 84.3 Å². The van der Waals surface area contributed by atoms with E-state index in [0.717, 1.165) is 20.5 Å². The lowest BCUT2D eigenvalue weighted by Crippen LogP contribution is -2.42. The van der Waals surface area contributed by atoms with Gasteiger partial charge in [0, 0.05) is 58.5 Å². The number of halogens is 1. The van der Waals surface area contributed by atoms with Crippen LogP contribution < -0.4 is 10.6 Å². The number of benzene rings is 2. The van der Waals surface area contributed by atoms with Crippen LogP contribution in [0, 0.1) is 20.6 Å². The number of aromatic amines is 1. The van der Waals surface area contributed by atoms with Crippen molar-refractivity contribution >= 4 is 45.6 Å². The number of anilines is 2. The molecular formula is C24H27IN4O5. The number of nitro groups is 1. The van der Waals surface area contributed by atoms with Gasteiger partial charge in [-0.1, -0.05) is 0 Å². The third-order valence-electron chi connectivity index (χ3n) is 5.85. The van der Waals surface area contributed by atoms with Gasteiger partial charge < -0.3 is 25.8 Å². The summed E-state index contributed by atoms with van der Waals surface area (Å²) in [6, 6.07) is 13.6. The van der Waals surface area contributed by atoms with E-state index in [-0.39, 0.29) is 31.0 Å². The number of aromatic nitrogens is 1. The number of hydrogen-bond acceptors (Lipinski definition) is 6. The van der Waals surface area contributed by atoms with E-state index in [1.807, 2.05) is 37.3 Å². The predicted octanol–water partition coefficient (Wildman–Crippen LogP) is 4.01. The molecule has 1 aromatic heterocycles. The van der Waals surface area contributed by atoms with Crippen LogP contribution in [0.3, 0.4) is 0 Å². The number of non-ortho nitro benzene ring substituents is 1. The normalized spacial score (nSPS) is 11.3. The van der Waals surface area contributed by atoms with Gasteiger partial charge in [-0.15, -0.1) is 0 Å². The Bertz CT molecular complexity index is 1140. The second kappa shape index (κ2) is 11.4. The van der Waals surface area contributed by atoms with Crippen LogP contribution in [0.15, 0.2) is 54.7 Å². The second-order valence-electron chi connectivity index (χ2n) is 8.07. The van der Waals surface area contributed by atoms with Crippen LogP contribution in [-0.4, -0.2) is 45.8 Å². The molecule has 34 heavy (non-hydrogen) atoms. The van der Waals surface area contributed by atoms with Crippen molar-refractivity contribution < 1.29 is 19.9 Å². The van der Waals surface area contributed by atoms with Crippen molar-refractivity contribution in [2.75, 3.05) is 25.1 Å². The largest absolute Gasteiger partial charge is 0.396 e. The number of aliphatic hydroxyl groups is 2. The Hall–Kier alpha value is -2.96. The first kappa shape index (κ1) is 25.7. The maximum absolute atomic E-state index is 13.3. The van der Waals surface area contributed by atoms with E-state index in [2.05, 4.69) is 38.2 Å². The van der Waals surface area contributed by atoms with Crippen molar-refractivity contribution in [2.45, 2.75) is 25.2 Å². The maximum Gasteiger partial charge on any atom is 0.270 e. The molecule has 0 atom stereocenters. The van der Waals surface area contributed by atoms with E-state index in [4.69, 9.17) is 0 Å². The highest BCUT2D eigenvalue weighted by atomic mass is 127. The average molecular weight is 578 g/mol. The predicted molar refractivity (Wildman–Crippen MR) is 138 cm³/mol. The molecule has 3 aromatic rings. The van der Waals surface area contributed by atoms with Gasteiger partial charge >= 0.3 is 0 Å². The summed E-state index contributed by atoms with van der Waals surface area (Å²) in [7, 11) is 0. The van der Waals surface area contributed by atoms with E-state index in [9.17, 15) is 25.1 Å². The molecule has 0 saturated heterocycles. The first-order chi connectivity index (χ1) is 16.3. The number of carbonyl (C=O) groups excluding carboxylic acids is 1. The molecule has 0 radical (unpaired) electrons. The number of nitrogens with zero attached hydrogens (tertiary/aromatic N) is 1. The van der Waals surface area contributed by atoms with Crippen molar-refractivity contribution in [3.05, 3.63) is 85.2 Å². The Morgan fingerprint density at radius 3 is 2.41 bits per heavy atom. The summed E-state index contributed by atoms with van der Waals surface area (Å²) in [4.78, 5) is 27.2. The van der Waals surface area contributed by atoms with Gasteiger partial charge in [0.15, 0.2) is 0 Å². The minimum Gasteiger partial charge on any atom is -0.396 e. The van der Waals surface area contributed by atoms with Crippen LogP contribution in [0.4, 0.5) is 17.1 Å². The molecule has 0 unspecified atom stereocenters. The smallest absolute Gasteiger partial charge is 0.270 e. The molecule has 9 nitrogen and oxygen atoms in total. The number of aryl methyl sites for hydroxylation is 1. The minimum atomic E-state index is -0.719. The fourth-order valence-corrected chi connectivity index (χ4v) is 4.60. The monoisotopic (exact) mass is 578 g/mol. The molecule has 5 N–H and O–H groups in total. The zero-order chi connectivity index (χ0) is 24.7. The molecule has 0 saturated carbocycles. The van der Waals surface area contributed by atoms with E-state index in [1.54, 1.807) is 6.20 Å². The molecule has 1 amide bonds. The SMILES string of the molecule is Cc1cc(I)ccc1Nc1ccc([N+](=O)[O-])cc1C(=O)NCC(CCO)(CCO)c1ccc[nH]1. The van der Waals surface area contributed by atoms with Crippen molar-refractivity contribution in [1.29, 1.82) is 0 Å². The molecule has 0 aliphatic rings. The Morgan fingerprint density at radius 1 is 1.12 bits per heavy atom. The van der Waals surface area contributed by atoms with Crippen molar-refractivity contribution in [3.8, 4) is 0 Å². The summed E-state index contributed by atoms with van der Waals surface area (Å²) < 4.78 is 1.07. The number of carbonyl (C=O) groups is 1. The van der Waals surface area contributed by atoms with Crippen molar-refractivity contribution in [3.63, 3.8) is 0 Å². The zero-order valence-electron chi connectivity index (χ0n) is 18.7. The highest BCUT2D eigenvalue weighted by molar-refractivity contribution is 14.1. The fraction of sp³-hybridized carbons (Fsp3) is 0.292. The van der Waals surface area contributed by atoms with Gasteiger partial charge in [-0.2, -0.15) is 0 Å². The number of H-pyrrole nitrogens is 1. The Balaban J connectivity index is 1.92. The summed E-state index contributed by atoms with van der Waals surface area (Å²) in [5.41, 5.74) is 2.17. The van der Waals surface area contributed by atoms with Crippen LogP contribution >= 0.6 is 22.6 Å². The number of rotatable bonds is 11. The minimum absolute atomic E-state index is 0.123. The lowest BCUT2D eigenvalue weighted by molar-refractivity contribution is -0.384. The van der Waals surface area contributed by atoms with Crippen LogP contribution in [0.5, 0.6) is 0 Å². The first-order valence-electron chi connectivity index (χ1n) is 10.7. The number of nitrogens with one attached hydrogen (secondary N) is 3. The summed E-state index contributed by atoms with van der Waals surface area (Å²) in [6.07, 6.45) is 2.37. The Labute approximate surface area is 210 Å². The number of amides is 1. The van der Waals surface area contributed by atoms with Crippen LogP contribution in [-0.2, 0) is 5.41 Å². The molecule has 0 aliphatic heterocycles. The van der Waals surface area contributed by atoms with E-state index in [0.29, 0.717) is 18.5 Å². The van der Waals surface area contributed by atoms with Crippen molar-refractivity contribution in [2.24, 2.45) is 0 Å². The van der Waals surface area contributed by atoms with Gasteiger partial charge in [-0.25, -0.2) is 0 Å². The highest BCUT2D eigenvalue weighted by Crippen LogP contribution is 2.31. The molecular weight excluding hydrogens is 551 g/mol.